The third-order valence-corrected chi connectivity index (χ3v) is 5.17. The smallest absolute Gasteiger partial charge is 0.128 e. The minimum atomic E-state index is 0.719. The van der Waals surface area contributed by atoms with Crippen molar-refractivity contribution in [1.29, 1.82) is 0 Å². The number of hydrogen-bond acceptors (Lipinski definition) is 4. The van der Waals surface area contributed by atoms with Crippen molar-refractivity contribution in [2.45, 2.75) is 9.79 Å². The van der Waals surface area contributed by atoms with E-state index in [9.17, 15) is 0 Å². The van der Waals surface area contributed by atoms with Gasteiger partial charge in [-0.2, -0.15) is 0 Å². The van der Waals surface area contributed by atoms with E-state index < -0.39 is 0 Å². The molecule has 0 aliphatic carbocycles. The number of ether oxygens (including phenoxy) is 2. The molecule has 0 amide bonds. The summed E-state index contributed by atoms with van der Waals surface area (Å²) >= 11 is 1.69. The summed E-state index contributed by atoms with van der Waals surface area (Å²) in [7, 11) is 0. The van der Waals surface area contributed by atoms with Gasteiger partial charge in [0.1, 0.15) is 28.7 Å². The van der Waals surface area contributed by atoms with Gasteiger partial charge in [-0.25, -0.2) is 0 Å². The van der Waals surface area contributed by atoms with E-state index in [-0.39, 0.29) is 0 Å². The van der Waals surface area contributed by atoms with Crippen LogP contribution in [0.25, 0.3) is 0 Å². The Morgan fingerprint density at radius 2 is 0.862 bits per heavy atom. The molecule has 0 atom stereocenters. The summed E-state index contributed by atoms with van der Waals surface area (Å²) in [5.41, 5.74) is 11.3. The third kappa shape index (κ3) is 5.31. The molecular weight excluding hydrogens is 380 g/mol. The van der Waals surface area contributed by atoms with Crippen LogP contribution in [0.2, 0.25) is 0 Å². The van der Waals surface area contributed by atoms with Crippen LogP contribution in [0, 0.1) is 0 Å². The quantitative estimate of drug-likeness (QED) is 0.396. The molecule has 4 rings (SSSR count). The van der Waals surface area contributed by atoms with Crippen LogP contribution in [0.1, 0.15) is 0 Å². The van der Waals surface area contributed by atoms with E-state index in [1.165, 1.54) is 0 Å². The lowest BCUT2D eigenvalue weighted by Gasteiger charge is -2.08. The first-order chi connectivity index (χ1) is 14.1. The van der Waals surface area contributed by atoms with Crippen molar-refractivity contribution in [2.24, 2.45) is 0 Å². The second-order valence-corrected chi connectivity index (χ2v) is 7.61. The van der Waals surface area contributed by atoms with Gasteiger partial charge in [0.25, 0.3) is 0 Å². The minimum absolute atomic E-state index is 0.719. The molecule has 5 N–H and O–H groups in total. The number of anilines is 1. The summed E-state index contributed by atoms with van der Waals surface area (Å²) in [6.45, 7) is 0. The van der Waals surface area contributed by atoms with Crippen molar-refractivity contribution in [2.75, 3.05) is 5.73 Å². The molecule has 0 aliphatic rings. The molecule has 5 heteroatoms. The molecule has 0 spiro atoms. The average Bonchev–Trinajstić information content (AvgIpc) is 2.74. The second-order valence-electron chi connectivity index (χ2n) is 6.46. The SMILES string of the molecule is Nc1ccc(Oc2ccc(Sc3ccc(Oc4ccc([NH3+])cc4)cc3)cc2)cc1. The molecule has 29 heavy (non-hydrogen) atoms. The Morgan fingerprint density at radius 1 is 0.517 bits per heavy atom. The van der Waals surface area contributed by atoms with E-state index in [2.05, 4.69) is 17.9 Å². The lowest BCUT2D eigenvalue weighted by molar-refractivity contribution is -0.254. The highest BCUT2D eigenvalue weighted by molar-refractivity contribution is 7.99. The van der Waals surface area contributed by atoms with E-state index >= 15 is 0 Å². The van der Waals surface area contributed by atoms with E-state index in [4.69, 9.17) is 15.2 Å². The zero-order chi connectivity index (χ0) is 20.1. The molecule has 0 heterocycles. The monoisotopic (exact) mass is 401 g/mol. The Labute approximate surface area is 174 Å². The van der Waals surface area contributed by atoms with Crippen LogP contribution in [-0.4, -0.2) is 0 Å². The Balaban J connectivity index is 1.36. The van der Waals surface area contributed by atoms with Crippen molar-refractivity contribution in [1.82, 2.24) is 0 Å². The van der Waals surface area contributed by atoms with Crippen LogP contribution in [0.4, 0.5) is 11.4 Å². The molecule has 144 valence electrons. The molecule has 4 nitrogen and oxygen atoms in total. The number of hydrogen-bond donors (Lipinski definition) is 2. The van der Waals surface area contributed by atoms with Gasteiger partial charge in [-0.3, -0.25) is 0 Å². The Morgan fingerprint density at radius 3 is 1.28 bits per heavy atom. The van der Waals surface area contributed by atoms with E-state index in [0.717, 1.165) is 44.2 Å². The molecule has 0 unspecified atom stereocenters. The highest BCUT2D eigenvalue weighted by Crippen LogP contribution is 2.32. The van der Waals surface area contributed by atoms with Crippen LogP contribution in [0.3, 0.4) is 0 Å². The molecule has 4 aromatic carbocycles. The van der Waals surface area contributed by atoms with Gasteiger partial charge in [-0.1, -0.05) is 11.8 Å². The second kappa shape index (κ2) is 8.73. The summed E-state index contributed by atoms with van der Waals surface area (Å²) in [6, 6.07) is 31.1. The van der Waals surface area contributed by atoms with Crippen molar-refractivity contribution in [3.8, 4) is 23.0 Å². The highest BCUT2D eigenvalue weighted by Gasteiger charge is 2.02. The van der Waals surface area contributed by atoms with Crippen LogP contribution in [-0.2, 0) is 0 Å². The van der Waals surface area contributed by atoms with Crippen molar-refractivity contribution >= 4 is 23.1 Å². The first-order valence-electron chi connectivity index (χ1n) is 9.15. The van der Waals surface area contributed by atoms with Gasteiger partial charge >= 0.3 is 0 Å². The van der Waals surface area contributed by atoms with Crippen LogP contribution in [0.5, 0.6) is 23.0 Å². The van der Waals surface area contributed by atoms with E-state index in [1.54, 1.807) is 11.8 Å². The maximum atomic E-state index is 5.86. The summed E-state index contributed by atoms with van der Waals surface area (Å²) in [5, 5.41) is 0. The van der Waals surface area contributed by atoms with Gasteiger partial charge in [-0.05, 0) is 84.9 Å². The molecule has 4 aromatic rings. The number of nitrogens with two attached hydrogens (primary N) is 1. The molecule has 0 aromatic heterocycles. The van der Waals surface area contributed by atoms with Crippen LogP contribution in [0.15, 0.2) is 107 Å². The number of rotatable bonds is 6. The van der Waals surface area contributed by atoms with Crippen molar-refractivity contribution in [3.05, 3.63) is 97.1 Å². The normalized spacial score (nSPS) is 10.5. The van der Waals surface area contributed by atoms with Gasteiger partial charge in [0.05, 0.1) is 0 Å². The first kappa shape index (κ1) is 18.9. The largest absolute Gasteiger partial charge is 0.457 e. The topological polar surface area (TPSA) is 72.1 Å². The van der Waals surface area contributed by atoms with Gasteiger partial charge in [-0.15, -0.1) is 0 Å². The molecule has 0 saturated carbocycles. The summed E-state index contributed by atoms with van der Waals surface area (Å²) < 4.78 is 11.7. The summed E-state index contributed by atoms with van der Waals surface area (Å²) in [4.78, 5) is 2.27. The molecule has 0 radical (unpaired) electrons. The van der Waals surface area contributed by atoms with Gasteiger partial charge in [0, 0.05) is 27.6 Å². The average molecular weight is 402 g/mol. The third-order valence-electron chi connectivity index (χ3n) is 4.16. The molecular formula is C24H21N2O2S+. The zero-order valence-electron chi connectivity index (χ0n) is 15.7. The van der Waals surface area contributed by atoms with Gasteiger partial charge < -0.3 is 20.9 Å². The van der Waals surface area contributed by atoms with Crippen LogP contribution >= 0.6 is 11.8 Å². The standard InChI is InChI=1S/C24H20N2O2S/c25-17-1-5-19(6-2-17)27-21-9-13-23(14-10-21)29-24-15-11-22(12-16-24)28-20-7-3-18(26)4-8-20/h1-16H,25-26H2/p+1. The van der Waals surface area contributed by atoms with Gasteiger partial charge in [0.15, 0.2) is 0 Å². The summed E-state index contributed by atoms with van der Waals surface area (Å²) in [5.74, 6) is 3.16. The fraction of sp³-hybridized carbons (Fsp3) is 0. The van der Waals surface area contributed by atoms with Crippen molar-refractivity contribution in [3.63, 3.8) is 0 Å². The Hall–Kier alpha value is -3.41. The van der Waals surface area contributed by atoms with E-state index in [0.29, 0.717) is 0 Å². The predicted molar refractivity (Wildman–Crippen MR) is 117 cm³/mol. The lowest BCUT2D eigenvalue weighted by atomic mass is 10.3. The first-order valence-corrected chi connectivity index (χ1v) is 9.97. The number of quaternary nitrogens is 1. The molecule has 0 aliphatic heterocycles. The summed E-state index contributed by atoms with van der Waals surface area (Å²) in [6.07, 6.45) is 0. The lowest BCUT2D eigenvalue weighted by Crippen LogP contribution is -2.39. The van der Waals surface area contributed by atoms with Gasteiger partial charge in [0.2, 0.25) is 0 Å². The zero-order valence-corrected chi connectivity index (χ0v) is 16.6. The fourth-order valence-corrected chi connectivity index (χ4v) is 3.47. The molecule has 0 fully saturated rings. The Bertz CT molecular complexity index is 973. The van der Waals surface area contributed by atoms with E-state index in [1.807, 2.05) is 84.9 Å². The minimum Gasteiger partial charge on any atom is -0.457 e. The highest BCUT2D eigenvalue weighted by atomic mass is 32.2. The molecule has 0 bridgehead atoms. The fourth-order valence-electron chi connectivity index (χ4n) is 2.65. The maximum absolute atomic E-state index is 5.86. The Kier molecular flexibility index (Phi) is 5.70. The van der Waals surface area contributed by atoms with Crippen molar-refractivity contribution < 1.29 is 15.2 Å². The molecule has 0 saturated heterocycles. The predicted octanol–water partition coefficient (Wildman–Crippen LogP) is 5.88. The number of nitrogen functional groups attached to an aromatic ring is 1. The maximum Gasteiger partial charge on any atom is 0.128 e. The van der Waals surface area contributed by atoms with Crippen LogP contribution < -0.4 is 20.9 Å². The number of benzene rings is 4.